The van der Waals surface area contributed by atoms with E-state index in [4.69, 9.17) is 11.6 Å². The molecule has 1 unspecified atom stereocenters. The van der Waals surface area contributed by atoms with Gasteiger partial charge in [-0.3, -0.25) is 4.79 Å². The first-order chi connectivity index (χ1) is 7.56. The third-order valence-electron chi connectivity index (χ3n) is 2.29. The summed E-state index contributed by atoms with van der Waals surface area (Å²) in [6, 6.07) is 0. The molecule has 1 aromatic rings. The van der Waals surface area contributed by atoms with Crippen molar-refractivity contribution in [2.24, 2.45) is 0 Å². The summed E-state index contributed by atoms with van der Waals surface area (Å²) >= 11 is 10.9. The number of amides is 1. The van der Waals surface area contributed by atoms with Gasteiger partial charge in [0, 0.05) is 11.4 Å². The molecular formula is C11H15BrClNOS. The van der Waals surface area contributed by atoms with Crippen molar-refractivity contribution >= 4 is 44.8 Å². The van der Waals surface area contributed by atoms with Crippen molar-refractivity contribution in [3.8, 4) is 0 Å². The summed E-state index contributed by atoms with van der Waals surface area (Å²) in [7, 11) is 0. The molecule has 0 fully saturated rings. The third kappa shape index (κ3) is 3.75. The molecule has 90 valence electrons. The number of hydrogen-bond acceptors (Lipinski definition) is 2. The van der Waals surface area contributed by atoms with Crippen LogP contribution >= 0.6 is 38.9 Å². The molecule has 1 N–H and O–H groups in total. The minimum absolute atomic E-state index is 0.0705. The second-order valence-corrected chi connectivity index (χ2v) is 6.16. The average molecular weight is 325 g/mol. The Hall–Kier alpha value is -0.0600. The lowest BCUT2D eigenvalue weighted by Gasteiger charge is -2.07. The molecular weight excluding hydrogens is 310 g/mol. The number of alkyl halides is 1. The maximum absolute atomic E-state index is 11.7. The highest BCUT2D eigenvalue weighted by molar-refractivity contribution is 9.09. The lowest BCUT2D eigenvalue weighted by Crippen LogP contribution is -2.25. The Kier molecular flexibility index (Phi) is 5.79. The van der Waals surface area contributed by atoms with Crippen LogP contribution < -0.4 is 5.32 Å². The quantitative estimate of drug-likeness (QED) is 0.815. The molecule has 5 heteroatoms. The van der Waals surface area contributed by atoms with Crippen molar-refractivity contribution in [3.05, 3.63) is 20.8 Å². The van der Waals surface area contributed by atoms with E-state index in [1.807, 2.05) is 12.3 Å². The predicted molar refractivity (Wildman–Crippen MR) is 74.0 cm³/mol. The van der Waals surface area contributed by atoms with Crippen molar-refractivity contribution in [1.82, 2.24) is 5.32 Å². The zero-order valence-corrected chi connectivity index (χ0v) is 12.5. The largest absolute Gasteiger partial charge is 0.351 e. The van der Waals surface area contributed by atoms with Gasteiger partial charge in [0.15, 0.2) is 0 Å². The fraction of sp³-hybridized carbons (Fsp3) is 0.545. The molecule has 0 bridgehead atoms. The standard InChI is InChI=1S/C11H15BrClNOS/c1-3-8(12)4-5-14-11(15)10-9(13)7(2)6-16-10/h6,8H,3-5H2,1-2H3,(H,14,15). The van der Waals surface area contributed by atoms with E-state index in [2.05, 4.69) is 28.2 Å². The molecule has 0 spiro atoms. The predicted octanol–water partition coefficient (Wildman–Crippen LogP) is 4.00. The topological polar surface area (TPSA) is 29.1 Å². The van der Waals surface area contributed by atoms with Gasteiger partial charge in [-0.15, -0.1) is 11.3 Å². The minimum Gasteiger partial charge on any atom is -0.351 e. The maximum Gasteiger partial charge on any atom is 0.262 e. The number of carbonyl (C=O) groups excluding carboxylic acids is 1. The molecule has 1 aromatic heterocycles. The Labute approximate surface area is 114 Å². The van der Waals surface area contributed by atoms with Crippen LogP contribution in [0.2, 0.25) is 5.02 Å². The van der Waals surface area contributed by atoms with Crippen LogP contribution in [-0.4, -0.2) is 17.3 Å². The van der Waals surface area contributed by atoms with E-state index in [9.17, 15) is 4.79 Å². The van der Waals surface area contributed by atoms with Crippen molar-refractivity contribution < 1.29 is 4.79 Å². The molecule has 0 aliphatic rings. The Morgan fingerprint density at radius 2 is 2.38 bits per heavy atom. The first-order valence-electron chi connectivity index (χ1n) is 5.22. The van der Waals surface area contributed by atoms with Crippen LogP contribution in [0.5, 0.6) is 0 Å². The van der Waals surface area contributed by atoms with Gasteiger partial charge in [-0.1, -0.05) is 34.5 Å². The molecule has 1 heterocycles. The first-order valence-corrected chi connectivity index (χ1v) is 7.39. The van der Waals surface area contributed by atoms with Crippen LogP contribution in [0.4, 0.5) is 0 Å². The van der Waals surface area contributed by atoms with Crippen LogP contribution in [-0.2, 0) is 0 Å². The number of rotatable bonds is 5. The smallest absolute Gasteiger partial charge is 0.262 e. The zero-order chi connectivity index (χ0) is 12.1. The van der Waals surface area contributed by atoms with Gasteiger partial charge in [-0.25, -0.2) is 0 Å². The van der Waals surface area contributed by atoms with E-state index in [1.165, 1.54) is 11.3 Å². The fourth-order valence-electron chi connectivity index (χ4n) is 1.21. The van der Waals surface area contributed by atoms with Crippen molar-refractivity contribution in [2.45, 2.75) is 31.5 Å². The zero-order valence-electron chi connectivity index (χ0n) is 9.35. The van der Waals surface area contributed by atoms with Crippen LogP contribution in [0.1, 0.15) is 35.0 Å². The van der Waals surface area contributed by atoms with Crippen molar-refractivity contribution in [1.29, 1.82) is 0 Å². The molecule has 0 saturated carbocycles. The Morgan fingerprint density at radius 3 is 2.88 bits per heavy atom. The molecule has 0 aliphatic heterocycles. The highest BCUT2D eigenvalue weighted by Crippen LogP contribution is 2.26. The van der Waals surface area contributed by atoms with E-state index in [1.54, 1.807) is 0 Å². The first kappa shape index (κ1) is 14.0. The number of thiophene rings is 1. The van der Waals surface area contributed by atoms with Crippen LogP contribution in [0.25, 0.3) is 0 Å². The molecule has 0 aliphatic carbocycles. The van der Waals surface area contributed by atoms with Crippen molar-refractivity contribution in [2.75, 3.05) is 6.54 Å². The average Bonchev–Trinajstić information content (AvgIpc) is 2.59. The normalized spacial score (nSPS) is 12.5. The lowest BCUT2D eigenvalue weighted by atomic mass is 10.2. The van der Waals surface area contributed by atoms with Gasteiger partial charge >= 0.3 is 0 Å². The van der Waals surface area contributed by atoms with Gasteiger partial charge in [0.2, 0.25) is 0 Å². The molecule has 1 amide bonds. The summed E-state index contributed by atoms with van der Waals surface area (Å²) in [4.78, 5) is 12.8. The molecule has 0 radical (unpaired) electrons. The molecule has 0 saturated heterocycles. The van der Waals surface area contributed by atoms with E-state index in [0.29, 0.717) is 21.3 Å². The van der Waals surface area contributed by atoms with Gasteiger partial charge < -0.3 is 5.32 Å². The number of carbonyl (C=O) groups is 1. The number of hydrogen-bond donors (Lipinski definition) is 1. The summed E-state index contributed by atoms with van der Waals surface area (Å²) in [5, 5.41) is 5.35. The Balaban J connectivity index is 2.44. The van der Waals surface area contributed by atoms with Crippen molar-refractivity contribution in [3.63, 3.8) is 0 Å². The van der Waals surface area contributed by atoms with E-state index in [0.717, 1.165) is 18.4 Å². The van der Waals surface area contributed by atoms with E-state index in [-0.39, 0.29) is 5.91 Å². The monoisotopic (exact) mass is 323 g/mol. The summed E-state index contributed by atoms with van der Waals surface area (Å²) in [6.45, 7) is 4.69. The second kappa shape index (κ2) is 6.62. The Morgan fingerprint density at radius 1 is 1.69 bits per heavy atom. The molecule has 0 aromatic carbocycles. The third-order valence-corrected chi connectivity index (χ3v) is 5.09. The lowest BCUT2D eigenvalue weighted by molar-refractivity contribution is 0.0957. The summed E-state index contributed by atoms with van der Waals surface area (Å²) in [6.07, 6.45) is 2.00. The SMILES string of the molecule is CCC(Br)CCNC(=O)c1scc(C)c1Cl. The van der Waals surface area contributed by atoms with Gasteiger partial charge in [0.25, 0.3) is 5.91 Å². The molecule has 16 heavy (non-hydrogen) atoms. The van der Waals surface area contributed by atoms with E-state index < -0.39 is 0 Å². The Bertz CT molecular complexity index is 367. The summed E-state index contributed by atoms with van der Waals surface area (Å²) < 4.78 is 0. The molecule has 2 nitrogen and oxygen atoms in total. The van der Waals surface area contributed by atoms with Crippen LogP contribution in [0.15, 0.2) is 5.38 Å². The van der Waals surface area contributed by atoms with Gasteiger partial charge in [-0.2, -0.15) is 0 Å². The molecule has 1 atom stereocenters. The van der Waals surface area contributed by atoms with E-state index >= 15 is 0 Å². The second-order valence-electron chi connectivity index (χ2n) is 3.61. The van der Waals surface area contributed by atoms with Gasteiger partial charge in [-0.05, 0) is 30.7 Å². The van der Waals surface area contributed by atoms with Gasteiger partial charge in [0.1, 0.15) is 4.88 Å². The maximum atomic E-state index is 11.7. The van der Waals surface area contributed by atoms with Crippen LogP contribution in [0, 0.1) is 6.92 Å². The number of nitrogens with one attached hydrogen (secondary N) is 1. The number of aryl methyl sites for hydroxylation is 1. The van der Waals surface area contributed by atoms with Crippen LogP contribution in [0.3, 0.4) is 0 Å². The summed E-state index contributed by atoms with van der Waals surface area (Å²) in [5.41, 5.74) is 0.962. The highest BCUT2D eigenvalue weighted by atomic mass is 79.9. The van der Waals surface area contributed by atoms with Gasteiger partial charge in [0.05, 0.1) is 5.02 Å². The molecule has 1 rings (SSSR count). The summed E-state index contributed by atoms with van der Waals surface area (Å²) in [5.74, 6) is -0.0705. The highest BCUT2D eigenvalue weighted by Gasteiger charge is 2.14. The number of halogens is 2. The minimum atomic E-state index is -0.0705. The fourth-order valence-corrected chi connectivity index (χ4v) is 2.63.